The van der Waals surface area contributed by atoms with Crippen LogP contribution < -0.4 is 5.32 Å². The van der Waals surface area contributed by atoms with Crippen molar-refractivity contribution in [2.75, 3.05) is 18.4 Å². The van der Waals surface area contributed by atoms with Crippen LogP contribution in [0.2, 0.25) is 0 Å². The van der Waals surface area contributed by atoms with E-state index >= 15 is 0 Å². The fraction of sp³-hybridized carbons (Fsp3) is 0.292. The van der Waals surface area contributed by atoms with Crippen molar-refractivity contribution in [3.8, 4) is 16.9 Å². The number of nitrogens with zero attached hydrogens (tertiary/aromatic N) is 3. The summed E-state index contributed by atoms with van der Waals surface area (Å²) < 4.78 is 1.87. The Morgan fingerprint density at radius 2 is 1.83 bits per heavy atom. The van der Waals surface area contributed by atoms with Gasteiger partial charge in [0.2, 0.25) is 17.8 Å². The van der Waals surface area contributed by atoms with E-state index in [1.165, 1.54) is 0 Å². The molecule has 0 unspecified atom stereocenters. The lowest BCUT2D eigenvalue weighted by Gasteiger charge is -2.22. The minimum absolute atomic E-state index is 0.00510. The number of aromatic nitrogens is 2. The molecule has 0 bridgehead atoms. The van der Waals surface area contributed by atoms with Gasteiger partial charge in [0.25, 0.3) is 0 Å². The molecule has 0 aliphatic rings. The van der Waals surface area contributed by atoms with Crippen LogP contribution in [0.4, 0.5) is 5.95 Å². The van der Waals surface area contributed by atoms with Gasteiger partial charge in [0, 0.05) is 29.9 Å². The van der Waals surface area contributed by atoms with E-state index in [2.05, 4.69) is 10.3 Å². The van der Waals surface area contributed by atoms with E-state index in [1.54, 1.807) is 4.90 Å². The quantitative estimate of drug-likeness (QED) is 0.639. The van der Waals surface area contributed by atoms with Gasteiger partial charge in [-0.1, -0.05) is 56.3 Å². The monoisotopic (exact) mass is 404 g/mol. The summed E-state index contributed by atoms with van der Waals surface area (Å²) in [6.07, 6.45) is 1.91. The molecule has 2 aromatic carbocycles. The number of rotatable bonds is 7. The van der Waals surface area contributed by atoms with E-state index < -0.39 is 0 Å². The highest BCUT2D eigenvalue weighted by atomic mass is 16.2. The van der Waals surface area contributed by atoms with Crippen LogP contribution in [-0.2, 0) is 9.59 Å². The lowest BCUT2D eigenvalue weighted by atomic mass is 10.2. The van der Waals surface area contributed by atoms with Crippen molar-refractivity contribution in [2.45, 2.75) is 27.7 Å². The van der Waals surface area contributed by atoms with Crippen LogP contribution in [0.25, 0.3) is 16.9 Å². The largest absolute Gasteiger partial charge is 0.333 e. The first-order valence-electron chi connectivity index (χ1n) is 10.2. The van der Waals surface area contributed by atoms with E-state index in [4.69, 9.17) is 0 Å². The first-order chi connectivity index (χ1) is 14.4. The summed E-state index contributed by atoms with van der Waals surface area (Å²) in [5.41, 5.74) is 3.74. The number of hydrogen-bond donors (Lipinski definition) is 1. The third kappa shape index (κ3) is 4.95. The molecule has 0 fully saturated rings. The number of hydrogen-bond acceptors (Lipinski definition) is 3. The first kappa shape index (κ1) is 21.3. The number of amides is 2. The number of anilines is 1. The van der Waals surface area contributed by atoms with Gasteiger partial charge in [0.1, 0.15) is 0 Å². The minimum atomic E-state index is -0.273. The number of carbonyl (C=O) groups excluding carboxylic acids is 2. The molecule has 0 radical (unpaired) electrons. The van der Waals surface area contributed by atoms with Gasteiger partial charge in [-0.15, -0.1) is 0 Å². The second-order valence-corrected chi connectivity index (χ2v) is 7.58. The van der Waals surface area contributed by atoms with E-state index in [9.17, 15) is 9.59 Å². The van der Waals surface area contributed by atoms with Crippen LogP contribution in [0.5, 0.6) is 0 Å². The van der Waals surface area contributed by atoms with Gasteiger partial charge < -0.3 is 4.90 Å². The topological polar surface area (TPSA) is 67.2 Å². The van der Waals surface area contributed by atoms with E-state index in [-0.39, 0.29) is 24.3 Å². The highest BCUT2D eigenvalue weighted by Crippen LogP contribution is 2.24. The number of likely N-dealkylation sites (N-methyl/N-ethyl adjacent to an activating group) is 1. The molecule has 3 rings (SSSR count). The summed E-state index contributed by atoms with van der Waals surface area (Å²) in [5.74, 6) is -0.0427. The predicted molar refractivity (Wildman–Crippen MR) is 119 cm³/mol. The van der Waals surface area contributed by atoms with Crippen LogP contribution in [0.1, 0.15) is 26.3 Å². The van der Waals surface area contributed by atoms with Crippen molar-refractivity contribution in [1.82, 2.24) is 14.5 Å². The van der Waals surface area contributed by atoms with Gasteiger partial charge in [-0.05, 0) is 31.5 Å². The number of aryl methyl sites for hydroxylation is 1. The predicted octanol–water partition coefficient (Wildman–Crippen LogP) is 4.29. The summed E-state index contributed by atoms with van der Waals surface area (Å²) in [6, 6.07) is 17.8. The molecule has 0 saturated carbocycles. The molecule has 0 saturated heterocycles. The summed E-state index contributed by atoms with van der Waals surface area (Å²) in [7, 11) is 0. The Bertz CT molecular complexity index is 1020. The molecule has 1 heterocycles. The van der Waals surface area contributed by atoms with Gasteiger partial charge in [0.05, 0.1) is 12.2 Å². The highest BCUT2D eigenvalue weighted by molar-refractivity contribution is 5.94. The van der Waals surface area contributed by atoms with E-state index in [0.29, 0.717) is 12.5 Å². The van der Waals surface area contributed by atoms with E-state index in [1.807, 2.05) is 93.1 Å². The summed E-state index contributed by atoms with van der Waals surface area (Å²) in [6.45, 7) is 8.03. The SMILES string of the molecule is CCN(CC(=O)Nc1nc(-c2ccccc2)cn1-c1cccc(C)c1)C(=O)C(C)C. The van der Waals surface area contributed by atoms with Crippen molar-refractivity contribution in [3.05, 3.63) is 66.4 Å². The number of nitrogens with one attached hydrogen (secondary N) is 1. The third-order valence-electron chi connectivity index (χ3n) is 4.83. The van der Waals surface area contributed by atoms with Gasteiger partial charge in [-0.3, -0.25) is 19.5 Å². The molecular formula is C24H28N4O2. The highest BCUT2D eigenvalue weighted by Gasteiger charge is 2.20. The Morgan fingerprint density at radius 1 is 1.10 bits per heavy atom. The van der Waals surface area contributed by atoms with Gasteiger partial charge in [-0.2, -0.15) is 0 Å². The smallest absolute Gasteiger partial charge is 0.246 e. The molecule has 0 aliphatic carbocycles. The van der Waals surface area contributed by atoms with Crippen molar-refractivity contribution in [3.63, 3.8) is 0 Å². The second-order valence-electron chi connectivity index (χ2n) is 7.58. The molecule has 1 aromatic heterocycles. The number of benzene rings is 2. The average molecular weight is 405 g/mol. The first-order valence-corrected chi connectivity index (χ1v) is 10.2. The maximum Gasteiger partial charge on any atom is 0.246 e. The summed E-state index contributed by atoms with van der Waals surface area (Å²) in [4.78, 5) is 31.3. The molecule has 0 atom stereocenters. The van der Waals surface area contributed by atoms with Crippen LogP contribution in [-0.4, -0.2) is 39.4 Å². The Morgan fingerprint density at radius 3 is 2.47 bits per heavy atom. The zero-order chi connectivity index (χ0) is 21.7. The van der Waals surface area contributed by atoms with Gasteiger partial charge in [-0.25, -0.2) is 4.98 Å². The second kappa shape index (κ2) is 9.39. The van der Waals surface area contributed by atoms with Crippen molar-refractivity contribution >= 4 is 17.8 Å². The Labute approximate surface area is 177 Å². The molecule has 1 N–H and O–H groups in total. The fourth-order valence-electron chi connectivity index (χ4n) is 3.24. The minimum Gasteiger partial charge on any atom is -0.333 e. The molecular weight excluding hydrogens is 376 g/mol. The van der Waals surface area contributed by atoms with Crippen LogP contribution in [0, 0.1) is 12.8 Å². The Kier molecular flexibility index (Phi) is 6.67. The normalized spacial score (nSPS) is 10.8. The molecule has 6 heteroatoms. The zero-order valence-electron chi connectivity index (χ0n) is 17.9. The number of carbonyl (C=O) groups is 2. The Balaban J connectivity index is 1.91. The fourth-order valence-corrected chi connectivity index (χ4v) is 3.24. The lowest BCUT2D eigenvalue weighted by Crippen LogP contribution is -2.40. The van der Waals surface area contributed by atoms with Crippen molar-refractivity contribution in [2.24, 2.45) is 5.92 Å². The van der Waals surface area contributed by atoms with Crippen molar-refractivity contribution < 1.29 is 9.59 Å². The van der Waals surface area contributed by atoms with Gasteiger partial charge >= 0.3 is 0 Å². The average Bonchev–Trinajstić information content (AvgIpc) is 3.15. The lowest BCUT2D eigenvalue weighted by molar-refractivity contribution is -0.137. The third-order valence-corrected chi connectivity index (χ3v) is 4.83. The van der Waals surface area contributed by atoms with Crippen molar-refractivity contribution in [1.29, 1.82) is 0 Å². The van der Waals surface area contributed by atoms with Gasteiger partial charge in [0.15, 0.2) is 0 Å². The zero-order valence-corrected chi connectivity index (χ0v) is 17.9. The maximum absolute atomic E-state index is 12.7. The van der Waals surface area contributed by atoms with Crippen LogP contribution in [0.3, 0.4) is 0 Å². The molecule has 156 valence electrons. The summed E-state index contributed by atoms with van der Waals surface area (Å²) >= 11 is 0. The molecule has 30 heavy (non-hydrogen) atoms. The molecule has 2 amide bonds. The number of imidazole rings is 1. The molecule has 6 nitrogen and oxygen atoms in total. The molecule has 0 spiro atoms. The molecule has 0 aliphatic heterocycles. The maximum atomic E-state index is 12.7. The Hall–Kier alpha value is -3.41. The van der Waals surface area contributed by atoms with E-state index in [0.717, 1.165) is 22.5 Å². The standard InChI is InChI=1S/C24H28N4O2/c1-5-27(23(30)17(2)3)16-22(29)26-24-25-21(19-11-7-6-8-12-19)15-28(24)20-13-9-10-18(4)14-20/h6-15,17H,5,16H2,1-4H3,(H,25,26,29). The summed E-state index contributed by atoms with van der Waals surface area (Å²) in [5, 5.41) is 2.90. The van der Waals surface area contributed by atoms with Crippen LogP contribution in [0.15, 0.2) is 60.8 Å². The van der Waals surface area contributed by atoms with Crippen LogP contribution >= 0.6 is 0 Å². The molecule has 3 aromatic rings.